The number of benzene rings is 2. The fourth-order valence-electron chi connectivity index (χ4n) is 5.05. The second-order valence-corrected chi connectivity index (χ2v) is 9.36. The van der Waals surface area contributed by atoms with Crippen LogP contribution in [0.1, 0.15) is 42.0 Å². The monoisotopic (exact) mass is 417 g/mol. The molecule has 3 aliphatic rings. The Kier molecular flexibility index (Phi) is 5.30. The molecule has 0 radical (unpaired) electrons. The minimum absolute atomic E-state index is 0.0504. The number of piperazine rings is 1. The maximum absolute atomic E-state index is 13.6. The second-order valence-electron chi connectivity index (χ2n) is 9.36. The van der Waals surface area contributed by atoms with Crippen LogP contribution < -0.4 is 4.90 Å². The highest BCUT2D eigenvalue weighted by atomic mass is 16.2. The van der Waals surface area contributed by atoms with E-state index in [-0.39, 0.29) is 23.8 Å². The summed E-state index contributed by atoms with van der Waals surface area (Å²) in [7, 11) is 0. The van der Waals surface area contributed by atoms with Crippen LogP contribution in [0.3, 0.4) is 0 Å². The molecule has 2 heterocycles. The first-order chi connectivity index (χ1) is 15.0. The second kappa shape index (κ2) is 8.12. The van der Waals surface area contributed by atoms with E-state index in [1.165, 1.54) is 29.5 Å². The fourth-order valence-corrected chi connectivity index (χ4v) is 5.05. The number of carbonyl (C=O) groups excluding carboxylic acids is 2. The maximum Gasteiger partial charge on any atom is 0.228 e. The zero-order chi connectivity index (χ0) is 21.5. The number of aryl methyl sites for hydroxylation is 2. The predicted octanol–water partition coefficient (Wildman–Crippen LogP) is 3.70. The number of rotatable bonds is 4. The summed E-state index contributed by atoms with van der Waals surface area (Å²) in [6.45, 7) is 7.17. The standard InChI is InChI=1S/C26H31N3O2/c1-18-8-9-23(14-19(18)2)29-16-21(15-25(29)30)26(31)28-13-12-27(22-10-11-22)17-24(28)20-6-4-3-5-7-20/h3-9,14,21-22,24H,10-13,15-17H2,1-2H3. The average molecular weight is 418 g/mol. The molecule has 2 unspecified atom stereocenters. The Labute approximate surface area is 184 Å². The lowest BCUT2D eigenvalue weighted by Gasteiger charge is -2.43. The normalized spacial score (nSPS) is 24.6. The highest BCUT2D eigenvalue weighted by Crippen LogP contribution is 2.35. The zero-order valence-corrected chi connectivity index (χ0v) is 18.5. The summed E-state index contributed by atoms with van der Waals surface area (Å²) in [6, 6.07) is 17.2. The van der Waals surface area contributed by atoms with Crippen LogP contribution >= 0.6 is 0 Å². The van der Waals surface area contributed by atoms with Crippen LogP contribution in [0.5, 0.6) is 0 Å². The first kappa shape index (κ1) is 20.3. The van der Waals surface area contributed by atoms with Crippen LogP contribution in [0.15, 0.2) is 48.5 Å². The van der Waals surface area contributed by atoms with Crippen molar-refractivity contribution in [2.75, 3.05) is 31.1 Å². The van der Waals surface area contributed by atoms with Gasteiger partial charge in [0.2, 0.25) is 11.8 Å². The molecule has 162 valence electrons. The molecular weight excluding hydrogens is 386 g/mol. The molecule has 0 bridgehead atoms. The minimum atomic E-state index is -0.271. The molecule has 1 aliphatic carbocycles. The predicted molar refractivity (Wildman–Crippen MR) is 122 cm³/mol. The largest absolute Gasteiger partial charge is 0.333 e. The van der Waals surface area contributed by atoms with E-state index in [4.69, 9.17) is 0 Å². The Hall–Kier alpha value is -2.66. The van der Waals surface area contributed by atoms with Gasteiger partial charge in [-0.05, 0) is 55.5 Å². The lowest BCUT2D eigenvalue weighted by atomic mass is 9.98. The molecule has 2 atom stereocenters. The summed E-state index contributed by atoms with van der Waals surface area (Å²) in [5.74, 6) is -0.0914. The summed E-state index contributed by atoms with van der Waals surface area (Å²) in [6.07, 6.45) is 2.85. The maximum atomic E-state index is 13.6. The van der Waals surface area contributed by atoms with Crippen LogP contribution in [0.2, 0.25) is 0 Å². The molecule has 5 rings (SSSR count). The van der Waals surface area contributed by atoms with Crippen molar-refractivity contribution < 1.29 is 9.59 Å². The third-order valence-corrected chi connectivity index (χ3v) is 7.22. The van der Waals surface area contributed by atoms with Crippen LogP contribution in [0, 0.1) is 19.8 Å². The van der Waals surface area contributed by atoms with Gasteiger partial charge >= 0.3 is 0 Å². The molecule has 2 saturated heterocycles. The molecule has 2 aromatic rings. The third-order valence-electron chi connectivity index (χ3n) is 7.22. The summed E-state index contributed by atoms with van der Waals surface area (Å²) >= 11 is 0. The molecule has 5 heteroatoms. The quantitative estimate of drug-likeness (QED) is 0.762. The van der Waals surface area contributed by atoms with Gasteiger partial charge in [-0.1, -0.05) is 36.4 Å². The third kappa shape index (κ3) is 3.99. The zero-order valence-electron chi connectivity index (χ0n) is 18.5. The van der Waals surface area contributed by atoms with Crippen molar-refractivity contribution in [3.8, 4) is 0 Å². The van der Waals surface area contributed by atoms with Gasteiger partial charge in [0, 0.05) is 44.3 Å². The van der Waals surface area contributed by atoms with Gasteiger partial charge in [0.15, 0.2) is 0 Å². The van der Waals surface area contributed by atoms with Crippen molar-refractivity contribution in [1.82, 2.24) is 9.80 Å². The van der Waals surface area contributed by atoms with Gasteiger partial charge in [-0.2, -0.15) is 0 Å². The molecule has 0 aromatic heterocycles. The van der Waals surface area contributed by atoms with Crippen molar-refractivity contribution in [3.63, 3.8) is 0 Å². The molecule has 0 spiro atoms. The van der Waals surface area contributed by atoms with Crippen LogP contribution in [0.4, 0.5) is 5.69 Å². The van der Waals surface area contributed by atoms with E-state index in [2.05, 4.69) is 60.0 Å². The van der Waals surface area contributed by atoms with Crippen LogP contribution in [-0.2, 0) is 9.59 Å². The van der Waals surface area contributed by atoms with E-state index in [0.717, 1.165) is 25.3 Å². The van der Waals surface area contributed by atoms with Crippen molar-refractivity contribution in [3.05, 3.63) is 65.2 Å². The molecule has 2 aliphatic heterocycles. The lowest BCUT2D eigenvalue weighted by Crippen LogP contribution is -2.52. The van der Waals surface area contributed by atoms with Crippen molar-refractivity contribution in [1.29, 1.82) is 0 Å². The van der Waals surface area contributed by atoms with Gasteiger partial charge in [-0.15, -0.1) is 0 Å². The molecule has 2 aromatic carbocycles. The van der Waals surface area contributed by atoms with E-state index < -0.39 is 0 Å². The average Bonchev–Trinajstić information content (AvgIpc) is 3.57. The molecule has 31 heavy (non-hydrogen) atoms. The van der Waals surface area contributed by atoms with Crippen LogP contribution in [0.25, 0.3) is 0 Å². The van der Waals surface area contributed by atoms with E-state index in [1.807, 2.05) is 12.1 Å². The Morgan fingerprint density at radius 3 is 2.42 bits per heavy atom. The molecule has 2 amide bonds. The van der Waals surface area contributed by atoms with Crippen molar-refractivity contribution in [2.24, 2.45) is 5.92 Å². The highest BCUT2D eigenvalue weighted by molar-refractivity contribution is 6.00. The van der Waals surface area contributed by atoms with E-state index in [9.17, 15) is 9.59 Å². The summed E-state index contributed by atoms with van der Waals surface area (Å²) in [5.41, 5.74) is 4.47. The summed E-state index contributed by atoms with van der Waals surface area (Å²) < 4.78 is 0. The SMILES string of the molecule is Cc1ccc(N2CC(C(=O)N3CCN(C4CC4)CC3c3ccccc3)CC2=O)cc1C. The van der Waals surface area contributed by atoms with E-state index >= 15 is 0 Å². The number of hydrogen-bond donors (Lipinski definition) is 0. The Morgan fingerprint density at radius 1 is 0.935 bits per heavy atom. The number of hydrogen-bond acceptors (Lipinski definition) is 3. The van der Waals surface area contributed by atoms with E-state index in [1.54, 1.807) is 4.90 Å². The number of amides is 2. The molecular formula is C26H31N3O2. The van der Waals surface area contributed by atoms with Gasteiger partial charge in [-0.25, -0.2) is 0 Å². The molecule has 5 nitrogen and oxygen atoms in total. The van der Waals surface area contributed by atoms with Crippen LogP contribution in [-0.4, -0.2) is 53.8 Å². The molecule has 3 fully saturated rings. The number of carbonyl (C=O) groups is 2. The minimum Gasteiger partial charge on any atom is -0.333 e. The van der Waals surface area contributed by atoms with Gasteiger partial charge in [0.05, 0.1) is 12.0 Å². The van der Waals surface area contributed by atoms with Crippen molar-refractivity contribution >= 4 is 17.5 Å². The number of anilines is 1. The number of nitrogens with zero attached hydrogens (tertiary/aromatic N) is 3. The fraction of sp³-hybridized carbons (Fsp3) is 0.462. The summed E-state index contributed by atoms with van der Waals surface area (Å²) in [4.78, 5) is 32.9. The first-order valence-electron chi connectivity index (χ1n) is 11.5. The highest BCUT2D eigenvalue weighted by Gasteiger charge is 2.42. The Bertz CT molecular complexity index is 985. The molecule has 1 saturated carbocycles. The Balaban J connectivity index is 1.35. The van der Waals surface area contributed by atoms with E-state index in [0.29, 0.717) is 19.0 Å². The topological polar surface area (TPSA) is 43.9 Å². The summed E-state index contributed by atoms with van der Waals surface area (Å²) in [5, 5.41) is 0. The van der Waals surface area contributed by atoms with Gasteiger partial charge in [-0.3, -0.25) is 14.5 Å². The van der Waals surface area contributed by atoms with Gasteiger partial charge in [0.1, 0.15) is 0 Å². The van der Waals surface area contributed by atoms with Gasteiger partial charge in [0.25, 0.3) is 0 Å². The van der Waals surface area contributed by atoms with Crippen molar-refractivity contribution in [2.45, 2.75) is 45.2 Å². The first-order valence-corrected chi connectivity index (χ1v) is 11.5. The Morgan fingerprint density at radius 2 is 1.71 bits per heavy atom. The smallest absolute Gasteiger partial charge is 0.228 e. The molecule has 0 N–H and O–H groups in total. The lowest BCUT2D eigenvalue weighted by molar-refractivity contribution is -0.141. The van der Waals surface area contributed by atoms with Gasteiger partial charge < -0.3 is 9.80 Å².